The van der Waals surface area contributed by atoms with Crippen molar-refractivity contribution in [3.8, 4) is 22.8 Å². The maximum atomic E-state index is 13.7. The summed E-state index contributed by atoms with van der Waals surface area (Å²) in [6.45, 7) is 3.90. The zero-order valence-electron chi connectivity index (χ0n) is 24.4. The van der Waals surface area contributed by atoms with Gasteiger partial charge < -0.3 is 19.6 Å². The number of H-pyrrole nitrogens is 1. The van der Waals surface area contributed by atoms with Crippen LogP contribution in [0.5, 0.6) is 11.5 Å². The van der Waals surface area contributed by atoms with Crippen molar-refractivity contribution in [1.29, 1.82) is 0 Å². The average molecular weight is 610 g/mol. The Bertz CT molecular complexity index is 1640. The number of aliphatic carboxylic acids is 1. The van der Waals surface area contributed by atoms with Gasteiger partial charge in [0.1, 0.15) is 17.2 Å². The Kier molecular flexibility index (Phi) is 9.08. The summed E-state index contributed by atoms with van der Waals surface area (Å²) in [7, 11) is 3.15. The number of nitrogens with one attached hydrogen (secondary N) is 2. The van der Waals surface area contributed by atoms with Crippen LogP contribution < -0.4 is 14.8 Å². The normalized spacial score (nSPS) is 13.8. The Morgan fingerprint density at radius 1 is 1.10 bits per heavy atom. The van der Waals surface area contributed by atoms with Gasteiger partial charge in [-0.15, -0.1) is 11.3 Å². The second kappa shape index (κ2) is 12.8. The van der Waals surface area contributed by atoms with Crippen molar-refractivity contribution < 1.29 is 24.2 Å². The van der Waals surface area contributed by atoms with Crippen LogP contribution in [0.2, 0.25) is 5.02 Å². The second-order valence-electron chi connectivity index (χ2n) is 11.0. The molecule has 1 fully saturated rings. The minimum Gasteiger partial charge on any atom is -0.496 e. The van der Waals surface area contributed by atoms with Gasteiger partial charge in [-0.05, 0) is 50.3 Å². The van der Waals surface area contributed by atoms with Crippen molar-refractivity contribution in [2.24, 2.45) is 5.92 Å². The van der Waals surface area contributed by atoms with Crippen molar-refractivity contribution in [2.45, 2.75) is 65.2 Å². The topological polar surface area (TPSA) is 114 Å². The molecule has 0 unspecified atom stereocenters. The van der Waals surface area contributed by atoms with Gasteiger partial charge in [-0.1, -0.05) is 55.3 Å². The number of methoxy groups -OCH3 is 2. The number of anilines is 1. The Labute approximate surface area is 254 Å². The van der Waals surface area contributed by atoms with Crippen molar-refractivity contribution in [3.63, 3.8) is 0 Å². The van der Waals surface area contributed by atoms with Crippen molar-refractivity contribution in [3.05, 3.63) is 56.5 Å². The average Bonchev–Trinajstić information content (AvgIpc) is 3.53. The molecule has 0 atom stereocenters. The number of halogens is 1. The van der Waals surface area contributed by atoms with E-state index in [9.17, 15) is 14.7 Å². The number of benzene rings is 2. The number of aryl methyl sites for hydroxylation is 3. The largest absolute Gasteiger partial charge is 0.496 e. The molecular formula is C32H36ClN3O5S. The molecule has 1 aliphatic rings. The third-order valence-electron chi connectivity index (χ3n) is 8.06. The first-order valence-electron chi connectivity index (χ1n) is 14.2. The van der Waals surface area contributed by atoms with Crippen molar-refractivity contribution in [1.82, 2.24) is 9.97 Å². The van der Waals surface area contributed by atoms with Gasteiger partial charge in [0.25, 0.3) is 5.91 Å². The number of rotatable bonds is 10. The standard InChI is InChI=1S/C32H36ClN3O5S/c1-17-12-18(2)28-20(13-17)21(15-27(37)38)30(34-28)31(39)36-32-35-29(22-14-25(41-4)23(33)16-24(22)40-3)26(42-32)11-10-19-8-6-5-7-9-19/h12-14,16,19,34H,5-11,15H2,1-4H3,(H,37,38)(H,35,36,39). The molecule has 0 bridgehead atoms. The van der Waals surface area contributed by atoms with E-state index in [1.165, 1.54) is 43.4 Å². The van der Waals surface area contributed by atoms with E-state index in [1.54, 1.807) is 20.3 Å². The lowest BCUT2D eigenvalue weighted by Crippen LogP contribution is -2.15. The molecule has 222 valence electrons. The number of carbonyl (C=O) groups excluding carboxylic acids is 1. The predicted molar refractivity (Wildman–Crippen MR) is 168 cm³/mol. The van der Waals surface area contributed by atoms with Crippen LogP contribution >= 0.6 is 22.9 Å². The molecule has 8 nitrogen and oxygen atoms in total. The van der Waals surface area contributed by atoms with E-state index in [1.807, 2.05) is 32.0 Å². The van der Waals surface area contributed by atoms with Gasteiger partial charge >= 0.3 is 5.97 Å². The van der Waals surface area contributed by atoms with E-state index in [0.29, 0.717) is 38.8 Å². The molecule has 2 aromatic carbocycles. The summed E-state index contributed by atoms with van der Waals surface area (Å²) in [5.74, 6) is 0.304. The van der Waals surface area contributed by atoms with E-state index in [0.717, 1.165) is 45.3 Å². The van der Waals surface area contributed by atoms with Gasteiger partial charge in [-0.3, -0.25) is 14.9 Å². The van der Waals surface area contributed by atoms with E-state index in [4.69, 9.17) is 26.1 Å². The molecule has 0 spiro atoms. The molecule has 1 aliphatic carbocycles. The van der Waals surface area contributed by atoms with E-state index < -0.39 is 11.9 Å². The number of hydrogen-bond donors (Lipinski definition) is 3. The van der Waals surface area contributed by atoms with Gasteiger partial charge in [-0.2, -0.15) is 0 Å². The molecule has 0 saturated heterocycles. The number of aromatic amines is 1. The molecule has 2 aromatic heterocycles. The van der Waals surface area contributed by atoms with Crippen LogP contribution in [-0.2, 0) is 17.6 Å². The molecule has 42 heavy (non-hydrogen) atoms. The van der Waals surface area contributed by atoms with Gasteiger partial charge in [-0.25, -0.2) is 4.98 Å². The first kappa shape index (κ1) is 29.9. The summed E-state index contributed by atoms with van der Waals surface area (Å²) in [4.78, 5) is 34.6. The number of fused-ring (bicyclic) bond motifs is 1. The van der Waals surface area contributed by atoms with Crippen LogP contribution in [0.25, 0.3) is 22.2 Å². The lowest BCUT2D eigenvalue weighted by molar-refractivity contribution is -0.136. The maximum Gasteiger partial charge on any atom is 0.307 e. The Morgan fingerprint density at radius 3 is 2.52 bits per heavy atom. The predicted octanol–water partition coefficient (Wildman–Crippen LogP) is 7.97. The van der Waals surface area contributed by atoms with Crippen LogP contribution in [0.3, 0.4) is 0 Å². The number of nitrogens with zero attached hydrogens (tertiary/aromatic N) is 1. The number of ether oxygens (including phenoxy) is 2. The third-order valence-corrected chi connectivity index (χ3v) is 9.39. The summed E-state index contributed by atoms with van der Waals surface area (Å²) < 4.78 is 11.2. The fraction of sp³-hybridized carbons (Fsp3) is 0.406. The summed E-state index contributed by atoms with van der Waals surface area (Å²) in [5, 5.41) is 14.2. The smallest absolute Gasteiger partial charge is 0.307 e. The molecule has 3 N–H and O–H groups in total. The number of carboxylic acids is 1. The van der Waals surface area contributed by atoms with Crippen molar-refractivity contribution >= 4 is 50.8 Å². The Hall–Kier alpha value is -3.56. The molecule has 2 heterocycles. The number of amides is 1. The van der Waals surface area contributed by atoms with Gasteiger partial charge in [0.05, 0.1) is 31.4 Å². The SMILES string of the molecule is COc1cc(-c2nc(NC(=O)c3[nH]c4c(C)cc(C)cc4c3CC(=O)O)sc2CCC2CCCCC2)c(OC)cc1Cl. The van der Waals surface area contributed by atoms with Crippen LogP contribution in [0, 0.1) is 19.8 Å². The first-order valence-corrected chi connectivity index (χ1v) is 15.4. The van der Waals surface area contributed by atoms with Crippen molar-refractivity contribution in [2.75, 3.05) is 19.5 Å². The van der Waals surface area contributed by atoms with Crippen LogP contribution in [0.1, 0.15) is 70.6 Å². The second-order valence-corrected chi connectivity index (χ2v) is 12.5. The highest BCUT2D eigenvalue weighted by atomic mass is 35.5. The lowest BCUT2D eigenvalue weighted by Gasteiger charge is -2.21. The van der Waals surface area contributed by atoms with E-state index in [-0.39, 0.29) is 12.1 Å². The highest BCUT2D eigenvalue weighted by Gasteiger charge is 2.25. The zero-order chi connectivity index (χ0) is 30.0. The summed E-state index contributed by atoms with van der Waals surface area (Å²) >= 11 is 7.82. The quantitative estimate of drug-likeness (QED) is 0.168. The molecule has 10 heteroatoms. The number of thiazole rings is 1. The fourth-order valence-corrected chi connectivity index (χ4v) is 7.25. The number of carboxylic acid groups (broad SMARTS) is 1. The molecule has 1 saturated carbocycles. The van der Waals surface area contributed by atoms with Crippen LogP contribution in [0.15, 0.2) is 24.3 Å². The van der Waals surface area contributed by atoms with Gasteiger partial charge in [0, 0.05) is 33.0 Å². The first-order chi connectivity index (χ1) is 20.2. The van der Waals surface area contributed by atoms with E-state index >= 15 is 0 Å². The Balaban J connectivity index is 1.53. The summed E-state index contributed by atoms with van der Waals surface area (Å²) in [6, 6.07) is 7.45. The zero-order valence-corrected chi connectivity index (χ0v) is 25.9. The highest BCUT2D eigenvalue weighted by molar-refractivity contribution is 7.16. The molecule has 0 aliphatic heterocycles. The minimum atomic E-state index is -1.01. The summed E-state index contributed by atoms with van der Waals surface area (Å²) in [5.41, 5.74) is 4.84. The minimum absolute atomic E-state index is 0.229. The third kappa shape index (κ3) is 6.27. The van der Waals surface area contributed by atoms with E-state index in [2.05, 4.69) is 10.3 Å². The summed E-state index contributed by atoms with van der Waals surface area (Å²) in [6.07, 6.45) is 7.90. The van der Waals surface area contributed by atoms with Crippen LogP contribution in [0.4, 0.5) is 5.13 Å². The number of hydrogen-bond acceptors (Lipinski definition) is 6. The number of carbonyl (C=O) groups is 2. The maximum absolute atomic E-state index is 13.7. The molecule has 1 amide bonds. The Morgan fingerprint density at radius 2 is 1.83 bits per heavy atom. The molecule has 0 radical (unpaired) electrons. The molecule has 4 aromatic rings. The lowest BCUT2D eigenvalue weighted by atomic mass is 9.86. The number of aromatic nitrogens is 2. The highest BCUT2D eigenvalue weighted by Crippen LogP contribution is 2.43. The van der Waals surface area contributed by atoms with Crippen LogP contribution in [-0.4, -0.2) is 41.2 Å². The fourth-order valence-electron chi connectivity index (χ4n) is 6.04. The van der Waals surface area contributed by atoms with Gasteiger partial charge in [0.15, 0.2) is 5.13 Å². The monoisotopic (exact) mass is 609 g/mol. The van der Waals surface area contributed by atoms with Gasteiger partial charge in [0.2, 0.25) is 0 Å². The molecular weight excluding hydrogens is 574 g/mol. The molecule has 5 rings (SSSR count).